The lowest BCUT2D eigenvalue weighted by atomic mass is 10.0. The van der Waals surface area contributed by atoms with Crippen molar-refractivity contribution in [3.63, 3.8) is 0 Å². The van der Waals surface area contributed by atoms with Crippen molar-refractivity contribution in [3.8, 4) is 0 Å². The number of carbonyl (C=O) groups excluding carboxylic acids is 1. The van der Waals surface area contributed by atoms with Gasteiger partial charge in [0.2, 0.25) is 0 Å². The molecule has 0 spiro atoms. The van der Waals surface area contributed by atoms with Crippen LogP contribution >= 0.6 is 0 Å². The standard InChI is InChI=1S/C21H17F5N6O/c1-9(17-15(23)4-10(7-28-17)21(24,25)26)31(2)20(33)12-5-11-13-8-29-32(3)18(13)19(27)30-16(11)6-14(12)22/h4-9H,1-3H3,(H2,27,30)/t9-/m1/s1. The smallest absolute Gasteiger partial charge is 0.382 e. The average Bonchev–Trinajstić information content (AvgIpc) is 3.13. The number of benzene rings is 1. The number of anilines is 1. The van der Waals surface area contributed by atoms with Crippen molar-refractivity contribution in [2.75, 3.05) is 12.8 Å². The molecule has 0 fully saturated rings. The van der Waals surface area contributed by atoms with Gasteiger partial charge in [0.1, 0.15) is 23.0 Å². The van der Waals surface area contributed by atoms with Gasteiger partial charge in [-0.05, 0) is 19.1 Å². The summed E-state index contributed by atoms with van der Waals surface area (Å²) in [4.78, 5) is 21.8. The normalized spacial score (nSPS) is 13.0. The SMILES string of the molecule is C[C@H](c1ncc(C(F)(F)F)cc1F)N(C)C(=O)c1cc2c(cc1F)nc(N)c1c2cnn1C. The molecule has 12 heteroatoms. The molecule has 1 atom stereocenters. The molecule has 0 aliphatic carbocycles. The second-order valence-electron chi connectivity index (χ2n) is 7.56. The minimum Gasteiger partial charge on any atom is -0.382 e. The van der Waals surface area contributed by atoms with E-state index in [0.29, 0.717) is 28.6 Å². The first kappa shape index (κ1) is 22.4. The quantitative estimate of drug-likeness (QED) is 0.459. The minimum absolute atomic E-state index is 0.144. The second-order valence-corrected chi connectivity index (χ2v) is 7.56. The zero-order valence-electron chi connectivity index (χ0n) is 17.6. The van der Waals surface area contributed by atoms with Crippen molar-refractivity contribution in [1.29, 1.82) is 0 Å². The fourth-order valence-corrected chi connectivity index (χ4v) is 3.62. The molecule has 0 bridgehead atoms. The monoisotopic (exact) mass is 464 g/mol. The highest BCUT2D eigenvalue weighted by molar-refractivity contribution is 6.10. The van der Waals surface area contributed by atoms with Gasteiger partial charge in [-0.25, -0.2) is 13.8 Å². The minimum atomic E-state index is -4.76. The van der Waals surface area contributed by atoms with E-state index in [0.717, 1.165) is 11.0 Å². The third kappa shape index (κ3) is 3.70. The summed E-state index contributed by atoms with van der Waals surface area (Å²) in [6.07, 6.45) is -2.77. The summed E-state index contributed by atoms with van der Waals surface area (Å²) in [6, 6.07) is 1.57. The second kappa shape index (κ2) is 7.64. The van der Waals surface area contributed by atoms with Gasteiger partial charge in [0.15, 0.2) is 0 Å². The van der Waals surface area contributed by atoms with Gasteiger partial charge in [-0.2, -0.15) is 18.3 Å². The lowest BCUT2D eigenvalue weighted by Gasteiger charge is -2.25. The van der Waals surface area contributed by atoms with Crippen LogP contribution in [0, 0.1) is 11.6 Å². The van der Waals surface area contributed by atoms with E-state index >= 15 is 0 Å². The Morgan fingerprint density at radius 3 is 2.45 bits per heavy atom. The van der Waals surface area contributed by atoms with Crippen LogP contribution < -0.4 is 5.73 Å². The van der Waals surface area contributed by atoms with Crippen molar-refractivity contribution in [2.24, 2.45) is 7.05 Å². The van der Waals surface area contributed by atoms with Gasteiger partial charge >= 0.3 is 6.18 Å². The number of fused-ring (bicyclic) bond motifs is 3. The number of aromatic nitrogens is 4. The first-order valence-electron chi connectivity index (χ1n) is 9.60. The highest BCUT2D eigenvalue weighted by Crippen LogP contribution is 2.33. The van der Waals surface area contributed by atoms with Gasteiger partial charge in [0.05, 0.1) is 34.6 Å². The third-order valence-electron chi connectivity index (χ3n) is 5.52. The van der Waals surface area contributed by atoms with E-state index in [9.17, 15) is 26.7 Å². The largest absolute Gasteiger partial charge is 0.417 e. The predicted octanol–water partition coefficient (Wildman–Crippen LogP) is 4.23. The number of hydrogen-bond acceptors (Lipinski definition) is 5. The number of nitrogen functional groups attached to an aromatic ring is 1. The number of amides is 1. The first-order chi connectivity index (χ1) is 15.4. The van der Waals surface area contributed by atoms with E-state index in [-0.39, 0.29) is 22.6 Å². The van der Waals surface area contributed by atoms with Gasteiger partial charge < -0.3 is 10.6 Å². The molecular formula is C21H17F5N6O. The number of pyridine rings is 2. The Bertz CT molecular complexity index is 1410. The predicted molar refractivity (Wildman–Crippen MR) is 110 cm³/mol. The molecule has 4 aromatic rings. The summed E-state index contributed by atoms with van der Waals surface area (Å²) in [5, 5.41) is 5.10. The molecule has 3 aromatic heterocycles. The van der Waals surface area contributed by atoms with Crippen molar-refractivity contribution >= 4 is 33.5 Å². The molecule has 0 unspecified atom stereocenters. The van der Waals surface area contributed by atoms with Crippen LogP contribution in [0.25, 0.3) is 21.8 Å². The highest BCUT2D eigenvalue weighted by atomic mass is 19.4. The van der Waals surface area contributed by atoms with Crippen molar-refractivity contribution in [2.45, 2.75) is 19.1 Å². The van der Waals surface area contributed by atoms with Crippen LogP contribution in [0.1, 0.15) is 34.6 Å². The Labute approximate surface area is 183 Å². The number of carbonyl (C=O) groups is 1. The van der Waals surface area contributed by atoms with Gasteiger partial charge in [0.25, 0.3) is 5.91 Å². The summed E-state index contributed by atoms with van der Waals surface area (Å²) < 4.78 is 69.0. The molecule has 172 valence electrons. The van der Waals surface area contributed by atoms with Crippen LogP contribution in [0.4, 0.5) is 27.8 Å². The molecule has 0 saturated heterocycles. The van der Waals surface area contributed by atoms with Crippen LogP contribution in [0.3, 0.4) is 0 Å². The lowest BCUT2D eigenvalue weighted by molar-refractivity contribution is -0.138. The number of nitrogens with two attached hydrogens (primary N) is 1. The summed E-state index contributed by atoms with van der Waals surface area (Å²) in [5.41, 5.74) is 4.69. The molecular weight excluding hydrogens is 447 g/mol. The van der Waals surface area contributed by atoms with Crippen LogP contribution in [0.2, 0.25) is 0 Å². The molecule has 2 N–H and O–H groups in total. The van der Waals surface area contributed by atoms with E-state index in [1.807, 2.05) is 0 Å². The number of halogens is 5. The molecule has 0 aliphatic heterocycles. The number of alkyl halides is 3. The maximum Gasteiger partial charge on any atom is 0.417 e. The Morgan fingerprint density at radius 1 is 1.12 bits per heavy atom. The van der Waals surface area contributed by atoms with Crippen molar-refractivity contribution in [1.82, 2.24) is 24.6 Å². The van der Waals surface area contributed by atoms with Gasteiger partial charge in [-0.1, -0.05) is 0 Å². The summed E-state index contributed by atoms with van der Waals surface area (Å²) in [7, 11) is 2.93. The third-order valence-corrected chi connectivity index (χ3v) is 5.52. The Kier molecular flexibility index (Phi) is 5.18. The van der Waals surface area contributed by atoms with E-state index in [4.69, 9.17) is 5.73 Å². The van der Waals surface area contributed by atoms with Gasteiger partial charge in [-0.3, -0.25) is 14.5 Å². The fraction of sp³-hybridized carbons (Fsp3) is 0.238. The van der Waals surface area contributed by atoms with Crippen LogP contribution in [-0.4, -0.2) is 37.6 Å². The molecule has 0 saturated carbocycles. The number of hydrogen-bond donors (Lipinski definition) is 1. The Morgan fingerprint density at radius 2 is 1.82 bits per heavy atom. The molecule has 0 radical (unpaired) electrons. The van der Waals surface area contributed by atoms with Crippen LogP contribution in [0.5, 0.6) is 0 Å². The van der Waals surface area contributed by atoms with E-state index in [1.165, 1.54) is 30.9 Å². The Balaban J connectivity index is 1.74. The average molecular weight is 464 g/mol. The van der Waals surface area contributed by atoms with E-state index in [1.54, 1.807) is 7.05 Å². The summed E-state index contributed by atoms with van der Waals surface area (Å²) >= 11 is 0. The lowest BCUT2D eigenvalue weighted by Crippen LogP contribution is -2.31. The summed E-state index contributed by atoms with van der Waals surface area (Å²) in [5.74, 6) is -2.79. The van der Waals surface area contributed by atoms with Gasteiger partial charge in [-0.15, -0.1) is 0 Å². The van der Waals surface area contributed by atoms with Gasteiger partial charge in [0, 0.05) is 37.1 Å². The number of rotatable bonds is 3. The fourth-order valence-electron chi connectivity index (χ4n) is 3.62. The van der Waals surface area contributed by atoms with E-state index < -0.39 is 35.3 Å². The van der Waals surface area contributed by atoms with Crippen molar-refractivity contribution in [3.05, 3.63) is 59.0 Å². The molecule has 4 rings (SSSR count). The first-order valence-corrected chi connectivity index (χ1v) is 9.60. The van der Waals surface area contributed by atoms with Crippen LogP contribution in [-0.2, 0) is 13.2 Å². The maximum atomic E-state index is 14.8. The van der Waals surface area contributed by atoms with Crippen LogP contribution in [0.15, 0.2) is 30.6 Å². The summed E-state index contributed by atoms with van der Waals surface area (Å²) in [6.45, 7) is 1.37. The molecule has 7 nitrogen and oxygen atoms in total. The molecule has 3 heterocycles. The molecule has 1 amide bonds. The Hall–Kier alpha value is -3.83. The number of aryl methyl sites for hydroxylation is 1. The van der Waals surface area contributed by atoms with E-state index in [2.05, 4.69) is 15.1 Å². The zero-order chi connectivity index (χ0) is 24.2. The highest BCUT2D eigenvalue weighted by Gasteiger charge is 2.33. The zero-order valence-corrected chi connectivity index (χ0v) is 17.6. The molecule has 33 heavy (non-hydrogen) atoms. The van der Waals surface area contributed by atoms with Crippen molar-refractivity contribution < 1.29 is 26.7 Å². The molecule has 1 aromatic carbocycles. The molecule has 0 aliphatic rings. The number of nitrogens with zero attached hydrogens (tertiary/aromatic N) is 5. The maximum absolute atomic E-state index is 14.8. The topological polar surface area (TPSA) is 89.9 Å².